The number of nitrogens with zero attached hydrogens (tertiary/aromatic N) is 1. The monoisotopic (exact) mass is 230 g/mol. The van der Waals surface area contributed by atoms with E-state index in [0.29, 0.717) is 0 Å². The fraction of sp³-hybridized carbons (Fsp3) is 0.500. The molecule has 90 valence electrons. The zero-order chi connectivity index (χ0) is 11.7. The quantitative estimate of drug-likeness (QED) is 0.881. The van der Waals surface area contributed by atoms with E-state index in [9.17, 15) is 0 Å². The molecular weight excluding hydrogens is 212 g/mol. The second-order valence-corrected chi connectivity index (χ2v) is 4.98. The molecule has 1 aromatic carbocycles. The lowest BCUT2D eigenvalue weighted by atomic mass is 10.0. The zero-order valence-electron chi connectivity index (χ0n) is 10.2. The van der Waals surface area contributed by atoms with Crippen LogP contribution in [-0.2, 0) is 6.42 Å². The minimum absolute atomic E-state index is 0.798. The van der Waals surface area contributed by atoms with Gasteiger partial charge in [0.1, 0.15) is 5.52 Å². The van der Waals surface area contributed by atoms with Crippen LogP contribution in [-0.4, -0.2) is 18.1 Å². The van der Waals surface area contributed by atoms with E-state index < -0.39 is 0 Å². The first-order chi connectivity index (χ1) is 8.31. The van der Waals surface area contributed by atoms with Crippen LogP contribution < -0.4 is 5.32 Å². The molecule has 0 aliphatic carbocycles. The van der Waals surface area contributed by atoms with Crippen LogP contribution >= 0.6 is 0 Å². The van der Waals surface area contributed by atoms with Crippen LogP contribution in [0.15, 0.2) is 22.6 Å². The lowest BCUT2D eigenvalue weighted by molar-refractivity contribution is 0.466. The van der Waals surface area contributed by atoms with Gasteiger partial charge in [-0.1, -0.05) is 6.07 Å². The number of nitrogens with one attached hydrogen (secondary N) is 1. The van der Waals surface area contributed by atoms with E-state index in [-0.39, 0.29) is 0 Å². The summed E-state index contributed by atoms with van der Waals surface area (Å²) in [6, 6.07) is 6.17. The Balaban J connectivity index is 1.72. The molecule has 1 N–H and O–H groups in total. The zero-order valence-corrected chi connectivity index (χ0v) is 10.2. The van der Waals surface area contributed by atoms with Crippen molar-refractivity contribution in [2.45, 2.75) is 26.2 Å². The van der Waals surface area contributed by atoms with Crippen molar-refractivity contribution in [2.75, 3.05) is 13.1 Å². The van der Waals surface area contributed by atoms with Gasteiger partial charge >= 0.3 is 0 Å². The summed E-state index contributed by atoms with van der Waals surface area (Å²) in [6.45, 7) is 4.39. The predicted octanol–water partition coefficient (Wildman–Crippen LogP) is 2.68. The Labute approximate surface area is 101 Å². The smallest absolute Gasteiger partial charge is 0.195 e. The van der Waals surface area contributed by atoms with Crippen molar-refractivity contribution < 1.29 is 4.42 Å². The molecule has 1 atom stereocenters. The highest BCUT2D eigenvalue weighted by Crippen LogP contribution is 2.20. The highest BCUT2D eigenvalue weighted by molar-refractivity contribution is 5.73. The molecule has 0 amide bonds. The number of aromatic nitrogens is 1. The molecular formula is C14H18N2O. The molecule has 1 aliphatic heterocycles. The van der Waals surface area contributed by atoms with Crippen molar-refractivity contribution in [3.05, 3.63) is 29.7 Å². The summed E-state index contributed by atoms with van der Waals surface area (Å²) >= 11 is 0. The number of rotatable bonds is 3. The second-order valence-electron chi connectivity index (χ2n) is 4.98. The van der Waals surface area contributed by atoms with E-state index in [1.54, 1.807) is 0 Å². The van der Waals surface area contributed by atoms with Crippen molar-refractivity contribution in [3.63, 3.8) is 0 Å². The maximum atomic E-state index is 5.78. The Morgan fingerprint density at radius 1 is 1.47 bits per heavy atom. The molecule has 0 bridgehead atoms. The van der Waals surface area contributed by atoms with Crippen molar-refractivity contribution in [1.82, 2.24) is 10.3 Å². The Hall–Kier alpha value is -1.35. The van der Waals surface area contributed by atoms with Gasteiger partial charge in [-0.25, -0.2) is 4.98 Å². The fourth-order valence-electron chi connectivity index (χ4n) is 2.47. The minimum Gasteiger partial charge on any atom is -0.441 e. The number of oxazole rings is 1. The average Bonchev–Trinajstić information content (AvgIpc) is 2.94. The van der Waals surface area contributed by atoms with Gasteiger partial charge in [0.05, 0.1) is 0 Å². The van der Waals surface area contributed by atoms with Crippen LogP contribution in [0.1, 0.15) is 24.3 Å². The second kappa shape index (κ2) is 4.49. The number of hydrogen-bond donors (Lipinski definition) is 1. The van der Waals surface area contributed by atoms with Gasteiger partial charge < -0.3 is 9.73 Å². The molecule has 1 aromatic heterocycles. The molecule has 1 fully saturated rings. The SMILES string of the molecule is Cc1ccc2nc(CCC3CCNC3)oc2c1. The third-order valence-electron chi connectivity index (χ3n) is 3.52. The first-order valence-electron chi connectivity index (χ1n) is 6.38. The Kier molecular flexibility index (Phi) is 2.85. The molecule has 2 heterocycles. The third kappa shape index (κ3) is 2.34. The van der Waals surface area contributed by atoms with E-state index in [1.807, 2.05) is 6.07 Å². The Morgan fingerprint density at radius 3 is 3.24 bits per heavy atom. The molecule has 1 aliphatic rings. The first kappa shape index (κ1) is 10.8. The molecule has 17 heavy (non-hydrogen) atoms. The highest BCUT2D eigenvalue weighted by Gasteiger charge is 2.15. The van der Waals surface area contributed by atoms with Crippen molar-refractivity contribution in [2.24, 2.45) is 5.92 Å². The van der Waals surface area contributed by atoms with Gasteiger partial charge in [0, 0.05) is 6.42 Å². The maximum Gasteiger partial charge on any atom is 0.195 e. The molecule has 0 radical (unpaired) electrons. The van der Waals surface area contributed by atoms with E-state index in [4.69, 9.17) is 4.42 Å². The first-order valence-corrected chi connectivity index (χ1v) is 6.38. The average molecular weight is 230 g/mol. The fourth-order valence-corrected chi connectivity index (χ4v) is 2.47. The summed E-state index contributed by atoms with van der Waals surface area (Å²) in [5.41, 5.74) is 3.12. The van der Waals surface area contributed by atoms with E-state index in [0.717, 1.165) is 42.4 Å². The third-order valence-corrected chi connectivity index (χ3v) is 3.52. The van der Waals surface area contributed by atoms with Crippen molar-refractivity contribution in [3.8, 4) is 0 Å². The van der Waals surface area contributed by atoms with Gasteiger partial charge in [-0.05, 0) is 56.5 Å². The Morgan fingerprint density at radius 2 is 2.41 bits per heavy atom. The van der Waals surface area contributed by atoms with Gasteiger partial charge in [-0.15, -0.1) is 0 Å². The summed E-state index contributed by atoms with van der Waals surface area (Å²) in [5.74, 6) is 1.68. The number of hydrogen-bond acceptors (Lipinski definition) is 3. The minimum atomic E-state index is 0.798. The van der Waals surface area contributed by atoms with Crippen molar-refractivity contribution >= 4 is 11.1 Å². The van der Waals surface area contributed by atoms with Gasteiger partial charge in [0.15, 0.2) is 11.5 Å². The number of fused-ring (bicyclic) bond motifs is 1. The van der Waals surface area contributed by atoms with Crippen LogP contribution in [0.25, 0.3) is 11.1 Å². The lowest BCUT2D eigenvalue weighted by Crippen LogP contribution is -2.09. The van der Waals surface area contributed by atoms with Crippen LogP contribution in [0.2, 0.25) is 0 Å². The molecule has 0 saturated carbocycles. The standard InChI is InChI=1S/C14H18N2O/c1-10-2-4-12-13(8-10)17-14(16-12)5-3-11-6-7-15-9-11/h2,4,8,11,15H,3,5-7,9H2,1H3. The molecule has 1 unspecified atom stereocenters. The lowest BCUT2D eigenvalue weighted by Gasteiger charge is -2.04. The van der Waals surface area contributed by atoms with E-state index in [1.165, 1.54) is 18.4 Å². The maximum absolute atomic E-state index is 5.78. The van der Waals surface area contributed by atoms with Crippen LogP contribution in [0, 0.1) is 12.8 Å². The predicted molar refractivity (Wildman–Crippen MR) is 68.0 cm³/mol. The molecule has 1 saturated heterocycles. The summed E-state index contributed by atoms with van der Waals surface area (Å²) in [4.78, 5) is 4.53. The molecule has 0 spiro atoms. The molecule has 3 heteroatoms. The topological polar surface area (TPSA) is 38.1 Å². The van der Waals surface area contributed by atoms with Crippen molar-refractivity contribution in [1.29, 1.82) is 0 Å². The summed E-state index contributed by atoms with van der Waals surface area (Å²) < 4.78 is 5.78. The molecule has 3 rings (SSSR count). The Bertz CT molecular complexity index is 512. The van der Waals surface area contributed by atoms with Gasteiger partial charge in [-0.3, -0.25) is 0 Å². The van der Waals surface area contributed by atoms with Gasteiger partial charge in [0.25, 0.3) is 0 Å². The van der Waals surface area contributed by atoms with Crippen LogP contribution in [0.5, 0.6) is 0 Å². The highest BCUT2D eigenvalue weighted by atomic mass is 16.3. The van der Waals surface area contributed by atoms with E-state index >= 15 is 0 Å². The van der Waals surface area contributed by atoms with Gasteiger partial charge in [0.2, 0.25) is 0 Å². The van der Waals surface area contributed by atoms with Crippen LogP contribution in [0.4, 0.5) is 0 Å². The van der Waals surface area contributed by atoms with Gasteiger partial charge in [-0.2, -0.15) is 0 Å². The normalized spacial score (nSPS) is 20.2. The summed E-state index contributed by atoms with van der Waals surface area (Å²) in [5, 5.41) is 3.39. The molecule has 2 aromatic rings. The number of benzene rings is 1. The van der Waals surface area contributed by atoms with Crippen LogP contribution in [0.3, 0.4) is 0 Å². The largest absolute Gasteiger partial charge is 0.441 e. The molecule has 3 nitrogen and oxygen atoms in total. The number of aryl methyl sites for hydroxylation is 2. The summed E-state index contributed by atoms with van der Waals surface area (Å²) in [6.07, 6.45) is 3.43. The van der Waals surface area contributed by atoms with E-state index in [2.05, 4.69) is 29.4 Å². The summed E-state index contributed by atoms with van der Waals surface area (Å²) in [7, 11) is 0.